The summed E-state index contributed by atoms with van der Waals surface area (Å²) in [4.78, 5) is 25.7. The first-order valence-corrected chi connectivity index (χ1v) is 10.2. The van der Waals surface area contributed by atoms with E-state index in [0.717, 1.165) is 29.7 Å². The Bertz CT molecular complexity index is 1030. The molecule has 0 aliphatic heterocycles. The van der Waals surface area contributed by atoms with E-state index in [1.807, 2.05) is 36.1 Å². The summed E-state index contributed by atoms with van der Waals surface area (Å²) in [5.74, 6) is -0.0686. The standard InChI is InChI=1S/C23H26N4O3/c1-4-13-25(14-5-2)23(28)22-16-21(18-9-11-19(12-10-18)27(29)30)24-26(22)20-8-6-7-17(3)15-20/h6-12,15-16H,4-5,13-14H2,1-3H3. The van der Waals surface area contributed by atoms with Crippen molar-refractivity contribution in [2.75, 3.05) is 13.1 Å². The third kappa shape index (κ3) is 4.56. The summed E-state index contributed by atoms with van der Waals surface area (Å²) < 4.78 is 1.67. The topological polar surface area (TPSA) is 81.3 Å². The predicted octanol–water partition coefficient (Wildman–Crippen LogP) is 5.02. The van der Waals surface area contributed by atoms with Crippen LogP contribution in [-0.4, -0.2) is 38.6 Å². The van der Waals surface area contributed by atoms with Crippen molar-refractivity contribution < 1.29 is 9.72 Å². The van der Waals surface area contributed by atoms with Gasteiger partial charge in [0.1, 0.15) is 5.69 Å². The maximum Gasteiger partial charge on any atom is 0.272 e. The van der Waals surface area contributed by atoms with Crippen molar-refractivity contribution >= 4 is 11.6 Å². The van der Waals surface area contributed by atoms with Crippen molar-refractivity contribution in [3.63, 3.8) is 0 Å². The van der Waals surface area contributed by atoms with Crippen molar-refractivity contribution in [2.45, 2.75) is 33.6 Å². The summed E-state index contributed by atoms with van der Waals surface area (Å²) in [7, 11) is 0. The van der Waals surface area contributed by atoms with Gasteiger partial charge in [-0.15, -0.1) is 0 Å². The Morgan fingerprint density at radius 1 is 1.07 bits per heavy atom. The van der Waals surface area contributed by atoms with Gasteiger partial charge in [-0.25, -0.2) is 4.68 Å². The molecule has 1 amide bonds. The average Bonchev–Trinajstić information content (AvgIpc) is 3.18. The molecule has 30 heavy (non-hydrogen) atoms. The molecule has 3 rings (SSSR count). The van der Waals surface area contributed by atoms with Crippen molar-refractivity contribution in [2.24, 2.45) is 0 Å². The zero-order chi connectivity index (χ0) is 21.7. The predicted molar refractivity (Wildman–Crippen MR) is 117 cm³/mol. The van der Waals surface area contributed by atoms with E-state index in [1.54, 1.807) is 22.9 Å². The molecule has 0 aliphatic carbocycles. The fourth-order valence-corrected chi connectivity index (χ4v) is 3.40. The van der Waals surface area contributed by atoms with Gasteiger partial charge in [-0.05, 0) is 55.7 Å². The lowest BCUT2D eigenvalue weighted by Crippen LogP contribution is -2.33. The number of benzene rings is 2. The van der Waals surface area contributed by atoms with Crippen LogP contribution < -0.4 is 0 Å². The fourth-order valence-electron chi connectivity index (χ4n) is 3.40. The Balaban J connectivity index is 2.09. The maximum atomic E-state index is 13.4. The highest BCUT2D eigenvalue weighted by molar-refractivity contribution is 5.94. The first-order valence-electron chi connectivity index (χ1n) is 10.2. The Kier molecular flexibility index (Phi) is 6.61. The average molecular weight is 406 g/mol. The van der Waals surface area contributed by atoms with E-state index in [-0.39, 0.29) is 11.6 Å². The Morgan fingerprint density at radius 2 is 1.73 bits per heavy atom. The number of amides is 1. The van der Waals surface area contributed by atoms with Gasteiger partial charge in [0.2, 0.25) is 0 Å². The molecule has 0 spiro atoms. The third-order valence-corrected chi connectivity index (χ3v) is 4.82. The van der Waals surface area contributed by atoms with E-state index in [9.17, 15) is 14.9 Å². The van der Waals surface area contributed by atoms with Crippen LogP contribution in [0, 0.1) is 17.0 Å². The fraction of sp³-hybridized carbons (Fsp3) is 0.304. The minimum atomic E-state index is -0.433. The number of nitrogens with zero attached hydrogens (tertiary/aromatic N) is 4. The molecular formula is C23H26N4O3. The molecule has 1 aromatic heterocycles. The van der Waals surface area contributed by atoms with Gasteiger partial charge < -0.3 is 4.90 Å². The first kappa shape index (κ1) is 21.2. The van der Waals surface area contributed by atoms with Gasteiger partial charge in [0.25, 0.3) is 11.6 Å². The van der Waals surface area contributed by atoms with Gasteiger partial charge in [0, 0.05) is 30.8 Å². The van der Waals surface area contributed by atoms with E-state index in [1.165, 1.54) is 12.1 Å². The molecule has 0 saturated heterocycles. The van der Waals surface area contributed by atoms with Crippen molar-refractivity contribution in [3.8, 4) is 16.9 Å². The van der Waals surface area contributed by atoms with Crippen LogP contribution in [0.25, 0.3) is 16.9 Å². The number of hydrogen-bond acceptors (Lipinski definition) is 4. The van der Waals surface area contributed by atoms with Crippen LogP contribution in [0.3, 0.4) is 0 Å². The molecule has 0 N–H and O–H groups in total. The van der Waals surface area contributed by atoms with E-state index in [0.29, 0.717) is 24.5 Å². The second kappa shape index (κ2) is 9.35. The number of carbonyl (C=O) groups excluding carboxylic acids is 1. The molecule has 3 aromatic rings. The minimum Gasteiger partial charge on any atom is -0.337 e. The number of nitro groups is 1. The van der Waals surface area contributed by atoms with Crippen LogP contribution >= 0.6 is 0 Å². The molecule has 156 valence electrons. The number of aryl methyl sites for hydroxylation is 1. The molecule has 1 heterocycles. The summed E-state index contributed by atoms with van der Waals surface area (Å²) >= 11 is 0. The number of nitro benzene ring substituents is 1. The highest BCUT2D eigenvalue weighted by Crippen LogP contribution is 2.25. The van der Waals surface area contributed by atoms with Gasteiger partial charge in [-0.1, -0.05) is 26.0 Å². The molecule has 0 aliphatic rings. The SMILES string of the molecule is CCCN(CCC)C(=O)c1cc(-c2ccc([N+](=O)[O-])cc2)nn1-c1cccc(C)c1. The van der Waals surface area contributed by atoms with Crippen LogP contribution in [0.1, 0.15) is 42.7 Å². The van der Waals surface area contributed by atoms with E-state index < -0.39 is 4.92 Å². The number of rotatable bonds is 8. The third-order valence-electron chi connectivity index (χ3n) is 4.82. The van der Waals surface area contributed by atoms with Crippen LogP contribution in [0.15, 0.2) is 54.6 Å². The molecule has 7 nitrogen and oxygen atoms in total. The monoisotopic (exact) mass is 406 g/mol. The summed E-state index contributed by atoms with van der Waals surface area (Å²) in [5, 5.41) is 15.6. The van der Waals surface area contributed by atoms with Gasteiger partial charge >= 0.3 is 0 Å². The molecule has 0 atom stereocenters. The summed E-state index contributed by atoms with van der Waals surface area (Å²) in [6.07, 6.45) is 1.75. The molecule has 7 heteroatoms. The van der Waals surface area contributed by atoms with Crippen molar-refractivity contribution in [1.29, 1.82) is 0 Å². The zero-order valence-electron chi connectivity index (χ0n) is 17.5. The number of hydrogen-bond donors (Lipinski definition) is 0. The Morgan fingerprint density at radius 3 is 2.30 bits per heavy atom. The van der Waals surface area contributed by atoms with Crippen LogP contribution in [0.5, 0.6) is 0 Å². The summed E-state index contributed by atoms with van der Waals surface area (Å²) in [5.41, 5.74) is 3.69. The summed E-state index contributed by atoms with van der Waals surface area (Å²) in [6, 6.07) is 15.8. The molecule has 0 bridgehead atoms. The lowest BCUT2D eigenvalue weighted by Gasteiger charge is -2.21. The highest BCUT2D eigenvalue weighted by Gasteiger charge is 2.22. The van der Waals surface area contributed by atoms with Gasteiger partial charge in [-0.3, -0.25) is 14.9 Å². The van der Waals surface area contributed by atoms with Gasteiger partial charge in [-0.2, -0.15) is 5.10 Å². The first-order chi connectivity index (χ1) is 14.4. The maximum absolute atomic E-state index is 13.4. The van der Waals surface area contributed by atoms with Gasteiger partial charge in [0.15, 0.2) is 0 Å². The smallest absolute Gasteiger partial charge is 0.272 e. The zero-order valence-corrected chi connectivity index (χ0v) is 17.5. The van der Waals surface area contributed by atoms with Crippen molar-refractivity contribution in [3.05, 3.63) is 76.0 Å². The molecule has 0 unspecified atom stereocenters. The van der Waals surface area contributed by atoms with Crippen LogP contribution in [-0.2, 0) is 0 Å². The summed E-state index contributed by atoms with van der Waals surface area (Å²) in [6.45, 7) is 7.45. The number of aromatic nitrogens is 2. The van der Waals surface area contributed by atoms with Crippen molar-refractivity contribution in [1.82, 2.24) is 14.7 Å². The Labute approximate surface area is 176 Å². The van der Waals surface area contributed by atoms with E-state index >= 15 is 0 Å². The second-order valence-electron chi connectivity index (χ2n) is 7.26. The molecule has 2 aromatic carbocycles. The lowest BCUT2D eigenvalue weighted by atomic mass is 10.1. The lowest BCUT2D eigenvalue weighted by molar-refractivity contribution is -0.384. The molecule has 0 radical (unpaired) electrons. The highest BCUT2D eigenvalue weighted by atomic mass is 16.6. The Hall–Kier alpha value is -3.48. The molecule has 0 saturated carbocycles. The number of carbonyl (C=O) groups is 1. The normalized spacial score (nSPS) is 10.8. The van der Waals surface area contributed by atoms with Gasteiger partial charge in [0.05, 0.1) is 16.3 Å². The molecular weight excluding hydrogens is 380 g/mol. The van der Waals surface area contributed by atoms with Crippen LogP contribution in [0.4, 0.5) is 5.69 Å². The molecule has 0 fully saturated rings. The van der Waals surface area contributed by atoms with Crippen LogP contribution in [0.2, 0.25) is 0 Å². The van der Waals surface area contributed by atoms with E-state index in [2.05, 4.69) is 18.9 Å². The number of non-ortho nitro benzene ring substituents is 1. The minimum absolute atomic E-state index is 0.0187. The van der Waals surface area contributed by atoms with E-state index in [4.69, 9.17) is 0 Å². The quantitative estimate of drug-likeness (QED) is 0.389. The largest absolute Gasteiger partial charge is 0.337 e. The second-order valence-corrected chi connectivity index (χ2v) is 7.26.